The molecule has 0 aliphatic carbocycles. The van der Waals surface area contributed by atoms with Gasteiger partial charge >= 0.3 is 0 Å². The van der Waals surface area contributed by atoms with Crippen LogP contribution in [0.15, 0.2) is 84.3 Å². The lowest BCUT2D eigenvalue weighted by molar-refractivity contribution is -0.120. The van der Waals surface area contributed by atoms with E-state index in [4.69, 9.17) is 0 Å². The van der Waals surface area contributed by atoms with E-state index in [2.05, 4.69) is 52.5 Å². The van der Waals surface area contributed by atoms with Crippen molar-refractivity contribution < 1.29 is 4.79 Å². The molecular formula is C26H27N5OS. The molecule has 4 rings (SSSR count). The Balaban J connectivity index is 1.54. The average molecular weight is 458 g/mol. The zero-order valence-corrected chi connectivity index (χ0v) is 19.8. The molecule has 6 nitrogen and oxygen atoms in total. The summed E-state index contributed by atoms with van der Waals surface area (Å²) in [5, 5.41) is 12.3. The van der Waals surface area contributed by atoms with Crippen LogP contribution in [0.4, 0.5) is 0 Å². The Hall–Kier alpha value is -3.45. The SMILES string of the molecule is Cc1ccccc1-n1c(SC(C)C(=O)NCC(C)c2ccccc2)nnc1-c1cccnc1. The zero-order valence-electron chi connectivity index (χ0n) is 19.0. The summed E-state index contributed by atoms with van der Waals surface area (Å²) >= 11 is 1.40. The van der Waals surface area contributed by atoms with Gasteiger partial charge in [0.2, 0.25) is 5.91 Å². The van der Waals surface area contributed by atoms with Gasteiger partial charge < -0.3 is 5.32 Å². The van der Waals surface area contributed by atoms with Crippen LogP contribution < -0.4 is 5.32 Å². The first-order valence-corrected chi connectivity index (χ1v) is 11.8. The zero-order chi connectivity index (χ0) is 23.2. The van der Waals surface area contributed by atoms with E-state index in [1.54, 1.807) is 12.4 Å². The van der Waals surface area contributed by atoms with E-state index in [0.29, 0.717) is 17.5 Å². The van der Waals surface area contributed by atoms with Crippen LogP contribution in [0, 0.1) is 6.92 Å². The van der Waals surface area contributed by atoms with Crippen molar-refractivity contribution in [2.75, 3.05) is 6.54 Å². The van der Waals surface area contributed by atoms with Gasteiger partial charge in [0.25, 0.3) is 0 Å². The molecule has 2 aromatic heterocycles. The topological polar surface area (TPSA) is 72.7 Å². The predicted molar refractivity (Wildman–Crippen MR) is 133 cm³/mol. The summed E-state index contributed by atoms with van der Waals surface area (Å²) in [6.07, 6.45) is 3.50. The van der Waals surface area contributed by atoms with Gasteiger partial charge in [-0.25, -0.2) is 0 Å². The molecule has 0 fully saturated rings. The highest BCUT2D eigenvalue weighted by molar-refractivity contribution is 8.00. The van der Waals surface area contributed by atoms with Crippen molar-refractivity contribution in [3.63, 3.8) is 0 Å². The summed E-state index contributed by atoms with van der Waals surface area (Å²) in [6.45, 7) is 6.65. The summed E-state index contributed by atoms with van der Waals surface area (Å²) in [5.41, 5.74) is 4.15. The van der Waals surface area contributed by atoms with E-state index in [1.807, 2.05) is 60.0 Å². The molecule has 0 spiro atoms. The van der Waals surface area contributed by atoms with Gasteiger partial charge in [-0.15, -0.1) is 10.2 Å². The van der Waals surface area contributed by atoms with Crippen molar-refractivity contribution in [3.05, 3.63) is 90.3 Å². The first kappa shape index (κ1) is 22.7. The van der Waals surface area contributed by atoms with E-state index in [0.717, 1.165) is 16.8 Å². The molecule has 168 valence electrons. The maximum atomic E-state index is 12.9. The fourth-order valence-corrected chi connectivity index (χ4v) is 4.45. The molecule has 2 aromatic carbocycles. The highest BCUT2D eigenvalue weighted by atomic mass is 32.2. The summed E-state index contributed by atoms with van der Waals surface area (Å²) in [6, 6.07) is 22.1. The highest BCUT2D eigenvalue weighted by Crippen LogP contribution is 2.31. The van der Waals surface area contributed by atoms with E-state index in [9.17, 15) is 4.79 Å². The van der Waals surface area contributed by atoms with Crippen LogP contribution in [0.1, 0.15) is 30.9 Å². The average Bonchev–Trinajstić information content (AvgIpc) is 3.26. The first-order chi connectivity index (χ1) is 16.0. The third-order valence-corrected chi connectivity index (χ3v) is 6.55. The Bertz CT molecular complexity index is 1210. The quantitative estimate of drug-likeness (QED) is 0.375. The van der Waals surface area contributed by atoms with Crippen LogP contribution in [-0.4, -0.2) is 37.5 Å². The maximum absolute atomic E-state index is 12.9. The molecule has 0 saturated carbocycles. The first-order valence-electron chi connectivity index (χ1n) is 11.0. The second kappa shape index (κ2) is 10.4. The molecule has 7 heteroatoms. The fourth-order valence-electron chi connectivity index (χ4n) is 3.57. The summed E-state index contributed by atoms with van der Waals surface area (Å²) < 4.78 is 2.01. The number of benzene rings is 2. The highest BCUT2D eigenvalue weighted by Gasteiger charge is 2.23. The number of nitrogens with zero attached hydrogens (tertiary/aromatic N) is 4. The molecule has 2 atom stereocenters. The minimum absolute atomic E-state index is 0.0231. The molecule has 2 heterocycles. The largest absolute Gasteiger partial charge is 0.355 e. The Morgan fingerprint density at radius 3 is 2.48 bits per heavy atom. The number of nitrogens with one attached hydrogen (secondary N) is 1. The van der Waals surface area contributed by atoms with Gasteiger partial charge in [0.1, 0.15) is 0 Å². The molecule has 4 aromatic rings. The summed E-state index contributed by atoms with van der Waals surface area (Å²) in [4.78, 5) is 17.1. The molecular weight excluding hydrogens is 430 g/mol. The smallest absolute Gasteiger partial charge is 0.233 e. The van der Waals surface area contributed by atoms with Gasteiger partial charge in [0, 0.05) is 24.5 Å². The molecule has 0 radical (unpaired) electrons. The Labute approximate surface area is 198 Å². The molecule has 33 heavy (non-hydrogen) atoms. The number of para-hydroxylation sites is 1. The van der Waals surface area contributed by atoms with Crippen LogP contribution in [0.2, 0.25) is 0 Å². The third kappa shape index (κ3) is 5.31. The van der Waals surface area contributed by atoms with Gasteiger partial charge in [-0.2, -0.15) is 0 Å². The number of hydrogen-bond acceptors (Lipinski definition) is 5. The Morgan fingerprint density at radius 1 is 1.00 bits per heavy atom. The van der Waals surface area contributed by atoms with E-state index in [1.165, 1.54) is 17.3 Å². The molecule has 0 bridgehead atoms. The van der Waals surface area contributed by atoms with Gasteiger partial charge in [-0.05, 0) is 49.1 Å². The number of amides is 1. The van der Waals surface area contributed by atoms with Crippen molar-refractivity contribution in [2.24, 2.45) is 0 Å². The lowest BCUT2D eigenvalue weighted by Gasteiger charge is -2.17. The number of carbonyl (C=O) groups excluding carboxylic acids is 1. The minimum atomic E-state index is -0.332. The number of hydrogen-bond donors (Lipinski definition) is 1. The second-order valence-corrected chi connectivity index (χ2v) is 9.29. The van der Waals surface area contributed by atoms with Crippen molar-refractivity contribution in [1.29, 1.82) is 0 Å². The Morgan fingerprint density at radius 2 is 1.76 bits per heavy atom. The fraction of sp³-hybridized carbons (Fsp3) is 0.231. The number of aryl methyl sites for hydroxylation is 1. The van der Waals surface area contributed by atoms with Crippen LogP contribution in [-0.2, 0) is 4.79 Å². The minimum Gasteiger partial charge on any atom is -0.355 e. The van der Waals surface area contributed by atoms with Crippen LogP contribution in [0.3, 0.4) is 0 Å². The van der Waals surface area contributed by atoms with Gasteiger partial charge in [-0.1, -0.05) is 67.2 Å². The van der Waals surface area contributed by atoms with Crippen molar-refractivity contribution >= 4 is 17.7 Å². The molecule has 0 aliphatic rings. The number of carbonyl (C=O) groups is 1. The Kier molecular flexibility index (Phi) is 7.19. The lowest BCUT2D eigenvalue weighted by Crippen LogP contribution is -2.33. The third-order valence-electron chi connectivity index (χ3n) is 5.51. The maximum Gasteiger partial charge on any atom is 0.233 e. The van der Waals surface area contributed by atoms with E-state index >= 15 is 0 Å². The number of rotatable bonds is 8. The molecule has 1 amide bonds. The van der Waals surface area contributed by atoms with Crippen LogP contribution in [0.25, 0.3) is 17.1 Å². The van der Waals surface area contributed by atoms with Gasteiger partial charge in [0.05, 0.1) is 10.9 Å². The lowest BCUT2D eigenvalue weighted by atomic mass is 10.0. The number of pyridine rings is 1. The van der Waals surface area contributed by atoms with E-state index < -0.39 is 0 Å². The summed E-state index contributed by atoms with van der Waals surface area (Å²) in [7, 11) is 0. The van der Waals surface area contributed by atoms with Crippen LogP contribution in [0.5, 0.6) is 0 Å². The predicted octanol–water partition coefficient (Wildman–Crippen LogP) is 5.04. The number of thioether (sulfide) groups is 1. The standard InChI is InChI=1S/C26H27N5OS/c1-18-10-7-8-14-23(18)31-24(22-13-9-15-27-17-22)29-30-26(31)33-20(3)25(32)28-16-19(2)21-11-5-4-6-12-21/h4-15,17,19-20H,16H2,1-3H3,(H,28,32). The normalized spacial score (nSPS) is 12.8. The van der Waals surface area contributed by atoms with E-state index in [-0.39, 0.29) is 17.1 Å². The van der Waals surface area contributed by atoms with Crippen molar-refractivity contribution in [3.8, 4) is 17.1 Å². The monoisotopic (exact) mass is 457 g/mol. The van der Waals surface area contributed by atoms with Crippen molar-refractivity contribution in [1.82, 2.24) is 25.1 Å². The van der Waals surface area contributed by atoms with Crippen LogP contribution >= 0.6 is 11.8 Å². The molecule has 0 aliphatic heterocycles. The molecule has 1 N–H and O–H groups in total. The van der Waals surface area contributed by atoms with Gasteiger partial charge in [0.15, 0.2) is 11.0 Å². The van der Waals surface area contributed by atoms with Gasteiger partial charge in [-0.3, -0.25) is 14.3 Å². The molecule has 0 saturated heterocycles. The summed E-state index contributed by atoms with van der Waals surface area (Å²) in [5.74, 6) is 0.912. The number of aromatic nitrogens is 4. The van der Waals surface area contributed by atoms with Crippen molar-refractivity contribution in [2.45, 2.75) is 37.1 Å². The molecule has 2 unspecified atom stereocenters. The second-order valence-electron chi connectivity index (χ2n) is 7.99.